The number of carbonyl (C=O) groups excluding carboxylic acids is 1. The SMILES string of the molecule is CCCC(NC1CCc2cc(F)cc(F)c2C1)C(=O)Nc1cnc[nH]1. The van der Waals surface area contributed by atoms with E-state index in [1.807, 2.05) is 6.92 Å². The predicted octanol–water partition coefficient (Wildman–Crippen LogP) is 2.94. The standard InChI is InChI=1S/C18H22F2N4O/c1-2-3-16(18(25)24-17-9-21-10-22-17)23-13-5-4-11-6-12(19)7-15(20)14(11)8-13/h6-7,9-10,13,16,23H,2-5,8H2,1H3,(H,21,22)(H,24,25). The van der Waals surface area contributed by atoms with E-state index in [9.17, 15) is 13.6 Å². The van der Waals surface area contributed by atoms with Crippen LogP contribution in [0.25, 0.3) is 0 Å². The average Bonchev–Trinajstić information content (AvgIpc) is 3.08. The molecular formula is C18H22F2N4O. The third-order valence-corrected chi connectivity index (χ3v) is 4.55. The first-order valence-corrected chi connectivity index (χ1v) is 8.59. The number of halogens is 2. The highest BCUT2D eigenvalue weighted by atomic mass is 19.1. The Bertz CT molecular complexity index is 733. The van der Waals surface area contributed by atoms with Crippen molar-refractivity contribution in [3.63, 3.8) is 0 Å². The normalized spacial score (nSPS) is 17.8. The summed E-state index contributed by atoms with van der Waals surface area (Å²) < 4.78 is 27.4. The van der Waals surface area contributed by atoms with Gasteiger partial charge >= 0.3 is 0 Å². The second kappa shape index (κ2) is 7.74. The Morgan fingerprint density at radius 2 is 2.28 bits per heavy atom. The third-order valence-electron chi connectivity index (χ3n) is 4.55. The van der Waals surface area contributed by atoms with E-state index in [0.29, 0.717) is 30.6 Å². The Kier molecular flexibility index (Phi) is 5.43. The number of aryl methyl sites for hydroxylation is 1. The minimum absolute atomic E-state index is 0.0171. The minimum Gasteiger partial charge on any atom is -0.331 e. The van der Waals surface area contributed by atoms with Gasteiger partial charge in [0.25, 0.3) is 0 Å². The molecule has 0 radical (unpaired) electrons. The molecule has 0 spiro atoms. The lowest BCUT2D eigenvalue weighted by Gasteiger charge is -2.29. The maximum Gasteiger partial charge on any atom is 0.242 e. The van der Waals surface area contributed by atoms with Gasteiger partial charge in [0.2, 0.25) is 5.91 Å². The lowest BCUT2D eigenvalue weighted by atomic mass is 9.87. The van der Waals surface area contributed by atoms with Crippen LogP contribution in [0.2, 0.25) is 0 Å². The molecule has 2 atom stereocenters. The van der Waals surface area contributed by atoms with E-state index in [1.54, 1.807) is 6.20 Å². The number of hydrogen-bond donors (Lipinski definition) is 3. The molecule has 1 aliphatic rings. The highest BCUT2D eigenvalue weighted by Crippen LogP contribution is 2.25. The van der Waals surface area contributed by atoms with Gasteiger partial charge in [-0.1, -0.05) is 13.3 Å². The topological polar surface area (TPSA) is 69.8 Å². The van der Waals surface area contributed by atoms with Crippen LogP contribution in [-0.4, -0.2) is 28.0 Å². The van der Waals surface area contributed by atoms with Crippen molar-refractivity contribution in [2.75, 3.05) is 5.32 Å². The van der Waals surface area contributed by atoms with Crippen molar-refractivity contribution in [3.8, 4) is 0 Å². The molecule has 0 bridgehead atoms. The van der Waals surface area contributed by atoms with Crippen LogP contribution >= 0.6 is 0 Å². The zero-order chi connectivity index (χ0) is 17.8. The largest absolute Gasteiger partial charge is 0.331 e. The number of amides is 1. The Morgan fingerprint density at radius 3 is 3.00 bits per heavy atom. The number of carbonyl (C=O) groups is 1. The summed E-state index contributed by atoms with van der Waals surface area (Å²) in [5.41, 5.74) is 1.28. The zero-order valence-corrected chi connectivity index (χ0v) is 14.1. The van der Waals surface area contributed by atoms with Gasteiger partial charge in [-0.3, -0.25) is 4.79 Å². The molecule has 0 aliphatic heterocycles. The van der Waals surface area contributed by atoms with Gasteiger partial charge < -0.3 is 15.6 Å². The second-order valence-corrected chi connectivity index (χ2v) is 6.43. The van der Waals surface area contributed by atoms with Crippen molar-refractivity contribution < 1.29 is 13.6 Å². The molecule has 0 saturated carbocycles. The molecule has 1 aliphatic carbocycles. The van der Waals surface area contributed by atoms with Crippen LogP contribution in [-0.2, 0) is 17.6 Å². The Hall–Kier alpha value is -2.28. The van der Waals surface area contributed by atoms with Crippen LogP contribution in [0.4, 0.5) is 14.6 Å². The van der Waals surface area contributed by atoms with E-state index >= 15 is 0 Å². The molecule has 7 heteroatoms. The summed E-state index contributed by atoms with van der Waals surface area (Å²) in [6.45, 7) is 2.01. The van der Waals surface area contributed by atoms with E-state index in [4.69, 9.17) is 0 Å². The first kappa shape index (κ1) is 17.5. The first-order valence-electron chi connectivity index (χ1n) is 8.59. The van der Waals surface area contributed by atoms with Crippen LogP contribution < -0.4 is 10.6 Å². The second-order valence-electron chi connectivity index (χ2n) is 6.43. The maximum absolute atomic E-state index is 14.0. The fourth-order valence-corrected chi connectivity index (χ4v) is 3.34. The highest BCUT2D eigenvalue weighted by Gasteiger charge is 2.27. The van der Waals surface area contributed by atoms with Gasteiger partial charge in [-0.25, -0.2) is 13.8 Å². The maximum atomic E-state index is 14.0. The molecule has 0 saturated heterocycles. The van der Waals surface area contributed by atoms with Crippen molar-refractivity contribution >= 4 is 11.7 Å². The minimum atomic E-state index is -0.537. The van der Waals surface area contributed by atoms with Gasteiger partial charge in [0, 0.05) is 12.1 Å². The zero-order valence-electron chi connectivity index (χ0n) is 14.1. The third kappa shape index (κ3) is 4.22. The molecule has 3 rings (SSSR count). The quantitative estimate of drug-likeness (QED) is 0.752. The van der Waals surface area contributed by atoms with Crippen LogP contribution in [0.15, 0.2) is 24.7 Å². The molecule has 5 nitrogen and oxygen atoms in total. The van der Waals surface area contributed by atoms with Gasteiger partial charge in [-0.2, -0.15) is 0 Å². The van der Waals surface area contributed by atoms with Crippen LogP contribution in [0, 0.1) is 11.6 Å². The molecule has 2 aromatic rings. The van der Waals surface area contributed by atoms with Crippen molar-refractivity contribution in [1.29, 1.82) is 0 Å². The number of benzene rings is 1. The molecule has 2 unspecified atom stereocenters. The number of aromatic nitrogens is 2. The molecule has 3 N–H and O–H groups in total. The van der Waals surface area contributed by atoms with E-state index in [0.717, 1.165) is 24.5 Å². The summed E-state index contributed by atoms with van der Waals surface area (Å²) in [4.78, 5) is 19.2. The molecule has 1 aromatic carbocycles. The number of aromatic amines is 1. The number of rotatable bonds is 6. The lowest BCUT2D eigenvalue weighted by Crippen LogP contribution is -2.48. The van der Waals surface area contributed by atoms with Gasteiger partial charge in [-0.15, -0.1) is 0 Å². The summed E-state index contributed by atoms with van der Waals surface area (Å²) >= 11 is 0. The van der Waals surface area contributed by atoms with Crippen molar-refractivity contribution in [2.45, 2.75) is 51.1 Å². The molecule has 1 amide bonds. The smallest absolute Gasteiger partial charge is 0.242 e. The Labute approximate surface area is 145 Å². The van der Waals surface area contributed by atoms with E-state index in [1.165, 1.54) is 12.4 Å². The number of nitrogens with one attached hydrogen (secondary N) is 3. The fourth-order valence-electron chi connectivity index (χ4n) is 3.34. The predicted molar refractivity (Wildman–Crippen MR) is 91.2 cm³/mol. The van der Waals surface area contributed by atoms with Crippen LogP contribution in [0.3, 0.4) is 0 Å². The van der Waals surface area contributed by atoms with Crippen molar-refractivity contribution in [1.82, 2.24) is 15.3 Å². The number of imidazole rings is 1. The van der Waals surface area contributed by atoms with E-state index in [-0.39, 0.29) is 18.0 Å². The Morgan fingerprint density at radius 1 is 1.44 bits per heavy atom. The van der Waals surface area contributed by atoms with Crippen LogP contribution in [0.1, 0.15) is 37.3 Å². The number of anilines is 1. The molecular weight excluding hydrogens is 326 g/mol. The summed E-state index contributed by atoms with van der Waals surface area (Å²) in [6.07, 6.45) is 6.36. The van der Waals surface area contributed by atoms with Crippen LogP contribution in [0.5, 0.6) is 0 Å². The molecule has 1 aromatic heterocycles. The monoisotopic (exact) mass is 348 g/mol. The molecule has 0 fully saturated rings. The van der Waals surface area contributed by atoms with Gasteiger partial charge in [0.05, 0.1) is 18.6 Å². The number of H-pyrrole nitrogens is 1. The highest BCUT2D eigenvalue weighted by molar-refractivity contribution is 5.93. The molecule has 1 heterocycles. The van der Waals surface area contributed by atoms with Gasteiger partial charge in [-0.05, 0) is 42.9 Å². The van der Waals surface area contributed by atoms with Crippen molar-refractivity contribution in [2.24, 2.45) is 0 Å². The number of fused-ring (bicyclic) bond motifs is 1. The summed E-state index contributed by atoms with van der Waals surface area (Å²) in [6, 6.07) is 1.94. The fraction of sp³-hybridized carbons (Fsp3) is 0.444. The summed E-state index contributed by atoms with van der Waals surface area (Å²) in [7, 11) is 0. The van der Waals surface area contributed by atoms with Gasteiger partial charge in [0.15, 0.2) is 0 Å². The lowest BCUT2D eigenvalue weighted by molar-refractivity contribution is -0.118. The first-order chi connectivity index (χ1) is 12.1. The van der Waals surface area contributed by atoms with Crippen molar-refractivity contribution in [3.05, 3.63) is 47.4 Å². The number of hydrogen-bond acceptors (Lipinski definition) is 3. The average molecular weight is 348 g/mol. The number of nitrogens with zero attached hydrogens (tertiary/aromatic N) is 1. The van der Waals surface area contributed by atoms with E-state index < -0.39 is 11.6 Å². The molecule has 25 heavy (non-hydrogen) atoms. The summed E-state index contributed by atoms with van der Waals surface area (Å²) in [5.74, 6) is -0.638. The van der Waals surface area contributed by atoms with Gasteiger partial charge in [0.1, 0.15) is 17.5 Å². The van der Waals surface area contributed by atoms with E-state index in [2.05, 4.69) is 20.6 Å². The molecule has 134 valence electrons. The summed E-state index contributed by atoms with van der Waals surface area (Å²) in [5, 5.41) is 6.14. The Balaban J connectivity index is 1.67.